The molecule has 3 aliphatic rings. The molecule has 1 aliphatic carbocycles. The van der Waals surface area contributed by atoms with Gasteiger partial charge in [0, 0.05) is 62.5 Å². The van der Waals surface area contributed by atoms with Crippen molar-refractivity contribution in [2.24, 2.45) is 0 Å². The zero-order valence-electron chi connectivity index (χ0n) is 32.4. The second kappa shape index (κ2) is 13.5. The van der Waals surface area contributed by atoms with Crippen molar-refractivity contribution in [1.29, 1.82) is 0 Å². The molecule has 57 heavy (non-hydrogen) atoms. The van der Waals surface area contributed by atoms with Gasteiger partial charge in [0.15, 0.2) is 0 Å². The maximum Gasteiger partial charge on any atom is 0.273 e. The number of hydrogen-bond acceptors (Lipinski definition) is 3. The monoisotopic (exact) mass is 734 g/mol. The van der Waals surface area contributed by atoms with Gasteiger partial charge in [0.2, 0.25) is 0 Å². The van der Waals surface area contributed by atoms with E-state index in [4.69, 9.17) is 0 Å². The summed E-state index contributed by atoms with van der Waals surface area (Å²) in [7, 11) is 0. The van der Waals surface area contributed by atoms with Crippen LogP contribution in [0.2, 0.25) is 0 Å². The second-order valence-corrected chi connectivity index (χ2v) is 15.8. The molecule has 0 saturated heterocycles. The number of fused-ring (bicyclic) bond motifs is 6. The van der Waals surface area contributed by atoms with Crippen LogP contribution in [-0.4, -0.2) is 11.3 Å². The molecule has 2 aliphatic heterocycles. The van der Waals surface area contributed by atoms with Crippen LogP contribution in [0.15, 0.2) is 176 Å². The summed E-state index contributed by atoms with van der Waals surface area (Å²) in [5.41, 5.74) is 21.5. The van der Waals surface area contributed by atoms with E-state index in [1.807, 2.05) is 0 Å². The molecule has 0 spiro atoms. The van der Waals surface area contributed by atoms with Gasteiger partial charge in [-0.05, 0) is 141 Å². The molecule has 0 N–H and O–H groups in total. The molecule has 11 rings (SSSR count). The smallest absolute Gasteiger partial charge is 0.273 e. The summed E-state index contributed by atoms with van der Waals surface area (Å²) in [4.78, 5) is 7.51. The van der Waals surface area contributed by atoms with Crippen LogP contribution in [0.5, 0.6) is 0 Å². The fourth-order valence-electron chi connectivity index (χ4n) is 9.75. The summed E-state index contributed by atoms with van der Waals surface area (Å²) in [6.45, 7) is 4.32. The summed E-state index contributed by atoms with van der Waals surface area (Å²) in [6, 6.07) is 65.1. The first-order valence-electron chi connectivity index (χ1n) is 20.4. The lowest BCUT2D eigenvalue weighted by Crippen LogP contribution is -2.63. The number of hydrogen-bond donors (Lipinski definition) is 0. The Morgan fingerprint density at radius 2 is 1.00 bits per heavy atom. The van der Waals surface area contributed by atoms with E-state index in [1.54, 1.807) is 0 Å². The SMILES string of the molecule is Cc1ccc(N(c2ccc(C)cc2)c2ccc3c(c2)N(c2ccccc2)c2cccc4c2B3c2c(c3c(n2-c2ccccc2)CCCC3)N4c2ccccc2)cc1. The van der Waals surface area contributed by atoms with E-state index in [1.165, 1.54) is 85.9 Å². The van der Waals surface area contributed by atoms with Crippen LogP contribution in [0, 0.1) is 13.8 Å². The maximum atomic E-state index is 2.66. The van der Waals surface area contributed by atoms with Crippen molar-refractivity contribution in [3.8, 4) is 5.69 Å². The van der Waals surface area contributed by atoms with E-state index in [0.29, 0.717) is 0 Å². The third-order valence-electron chi connectivity index (χ3n) is 12.3. The van der Waals surface area contributed by atoms with Crippen LogP contribution < -0.4 is 31.2 Å². The minimum Gasteiger partial charge on any atom is -0.323 e. The Morgan fingerprint density at radius 1 is 0.474 bits per heavy atom. The maximum absolute atomic E-state index is 2.66. The molecule has 0 radical (unpaired) electrons. The Bertz CT molecular complexity index is 2710. The van der Waals surface area contributed by atoms with E-state index in [2.05, 4.69) is 209 Å². The summed E-state index contributed by atoms with van der Waals surface area (Å²) in [5.74, 6) is 0. The molecule has 3 heterocycles. The van der Waals surface area contributed by atoms with Crippen molar-refractivity contribution in [3.05, 3.63) is 198 Å². The zero-order chi connectivity index (χ0) is 38.0. The van der Waals surface area contributed by atoms with Gasteiger partial charge < -0.3 is 19.3 Å². The number of benzene rings is 7. The van der Waals surface area contributed by atoms with E-state index in [-0.39, 0.29) is 6.71 Å². The Hall–Kier alpha value is -6.72. The second-order valence-electron chi connectivity index (χ2n) is 15.8. The molecule has 5 heteroatoms. The number of aromatic nitrogens is 1. The average molecular weight is 735 g/mol. The van der Waals surface area contributed by atoms with Gasteiger partial charge in [-0.3, -0.25) is 0 Å². The van der Waals surface area contributed by atoms with Crippen LogP contribution >= 0.6 is 0 Å². The van der Waals surface area contributed by atoms with Crippen molar-refractivity contribution < 1.29 is 0 Å². The van der Waals surface area contributed by atoms with Crippen LogP contribution in [-0.2, 0) is 12.8 Å². The summed E-state index contributed by atoms with van der Waals surface area (Å²) in [6.07, 6.45) is 4.55. The molecule has 0 saturated carbocycles. The normalized spacial score (nSPS) is 13.8. The molecule has 4 nitrogen and oxygen atoms in total. The zero-order valence-corrected chi connectivity index (χ0v) is 32.4. The van der Waals surface area contributed by atoms with Crippen LogP contribution in [0.25, 0.3) is 5.69 Å². The minimum absolute atomic E-state index is 0.00757. The first kappa shape index (κ1) is 33.6. The molecule has 0 bridgehead atoms. The highest BCUT2D eigenvalue weighted by Crippen LogP contribution is 2.48. The van der Waals surface area contributed by atoms with Crippen molar-refractivity contribution in [2.75, 3.05) is 14.7 Å². The molecule has 0 unspecified atom stereocenters. The molecule has 274 valence electrons. The van der Waals surface area contributed by atoms with E-state index in [9.17, 15) is 0 Å². The van der Waals surface area contributed by atoms with E-state index < -0.39 is 0 Å². The molecule has 0 fully saturated rings. The van der Waals surface area contributed by atoms with Gasteiger partial charge in [0.25, 0.3) is 6.71 Å². The lowest BCUT2D eigenvalue weighted by Gasteiger charge is -2.44. The fraction of sp³-hybridized carbons (Fsp3) is 0.115. The Kier molecular flexibility index (Phi) is 7.96. The van der Waals surface area contributed by atoms with Gasteiger partial charge in [-0.1, -0.05) is 102 Å². The fourth-order valence-corrected chi connectivity index (χ4v) is 9.75. The van der Waals surface area contributed by atoms with Crippen molar-refractivity contribution in [2.45, 2.75) is 39.5 Å². The molecule has 7 aromatic carbocycles. The van der Waals surface area contributed by atoms with Crippen molar-refractivity contribution in [3.63, 3.8) is 0 Å². The van der Waals surface area contributed by atoms with Gasteiger partial charge in [-0.25, -0.2) is 0 Å². The molecular formula is C52H43BN4. The highest BCUT2D eigenvalue weighted by atomic mass is 15.2. The van der Waals surface area contributed by atoms with Crippen molar-refractivity contribution >= 4 is 74.4 Å². The minimum atomic E-state index is 0.00757. The molecular weight excluding hydrogens is 691 g/mol. The van der Waals surface area contributed by atoms with Gasteiger partial charge in [-0.2, -0.15) is 0 Å². The highest BCUT2D eigenvalue weighted by molar-refractivity contribution is 7.00. The summed E-state index contributed by atoms with van der Waals surface area (Å²) in [5, 5.41) is 0. The predicted molar refractivity (Wildman–Crippen MR) is 241 cm³/mol. The number of rotatable bonds is 6. The van der Waals surface area contributed by atoms with E-state index in [0.717, 1.165) is 35.6 Å². The first-order chi connectivity index (χ1) is 28.1. The average Bonchev–Trinajstić information content (AvgIpc) is 3.61. The number of aryl methyl sites for hydroxylation is 2. The number of para-hydroxylation sites is 3. The van der Waals surface area contributed by atoms with Crippen LogP contribution in [0.1, 0.15) is 35.2 Å². The Morgan fingerprint density at radius 3 is 1.61 bits per heavy atom. The topological polar surface area (TPSA) is 14.7 Å². The van der Waals surface area contributed by atoms with E-state index >= 15 is 0 Å². The lowest BCUT2D eigenvalue weighted by molar-refractivity contribution is 0.664. The molecule has 0 amide bonds. The summed E-state index contributed by atoms with van der Waals surface area (Å²) < 4.78 is 2.66. The van der Waals surface area contributed by atoms with Gasteiger partial charge in [-0.15, -0.1) is 0 Å². The Labute approximate surface area is 336 Å². The Balaban J connectivity index is 1.23. The van der Waals surface area contributed by atoms with Gasteiger partial charge in [0.1, 0.15) is 0 Å². The molecule has 1 aromatic heterocycles. The lowest BCUT2D eigenvalue weighted by atomic mass is 9.35. The van der Waals surface area contributed by atoms with Gasteiger partial charge >= 0.3 is 0 Å². The predicted octanol–water partition coefficient (Wildman–Crippen LogP) is 11.5. The van der Waals surface area contributed by atoms with Gasteiger partial charge in [0.05, 0.1) is 5.69 Å². The number of nitrogens with zero attached hydrogens (tertiary/aromatic N) is 4. The quantitative estimate of drug-likeness (QED) is 0.158. The molecule has 0 atom stereocenters. The third kappa shape index (κ3) is 5.37. The summed E-state index contributed by atoms with van der Waals surface area (Å²) >= 11 is 0. The van der Waals surface area contributed by atoms with Crippen molar-refractivity contribution in [1.82, 2.24) is 4.57 Å². The number of anilines is 9. The third-order valence-corrected chi connectivity index (χ3v) is 12.3. The van der Waals surface area contributed by atoms with Crippen LogP contribution in [0.3, 0.4) is 0 Å². The molecule has 8 aromatic rings. The first-order valence-corrected chi connectivity index (χ1v) is 20.4. The van der Waals surface area contributed by atoms with Crippen LogP contribution in [0.4, 0.5) is 51.2 Å². The standard InChI is InChI=1S/C52H43BN4/c1-36-25-29-41(30-26-36)54(42-31-27-37(2)28-32-42)43-33-34-45-49(35-43)55(38-15-6-3-7-16-38)47-23-14-24-48-50(47)53(45)52-51(56(48)39-17-8-4-9-18-39)44-21-12-13-22-46(44)57(52)40-19-10-5-11-20-40/h3-11,14-20,23-35H,12-13,21-22H2,1-2H3. The largest absolute Gasteiger partial charge is 0.323 e. The highest BCUT2D eigenvalue weighted by Gasteiger charge is 2.47.